The number of sulfonamides is 1. The maximum absolute atomic E-state index is 11.6. The Bertz CT molecular complexity index is 344. The van der Waals surface area contributed by atoms with E-state index < -0.39 is 15.6 Å². The Morgan fingerprint density at radius 1 is 1.38 bits per heavy atom. The van der Waals surface area contributed by atoms with Gasteiger partial charge in [0.1, 0.15) is 0 Å². The molecule has 0 saturated heterocycles. The second-order valence-electron chi connectivity index (χ2n) is 4.12. The number of hydrogen-bond acceptors (Lipinski definition) is 2. The molecule has 0 saturated carbocycles. The summed E-state index contributed by atoms with van der Waals surface area (Å²) in [4.78, 5) is 0.447. The standard InChI is InChI=1S/C9H15NO2S/c1-9(2,3)10-13(11,12)8-6-4-5-7-8/h4-6,10H,7H2,1-3H3. The Kier molecular flexibility index (Phi) is 2.63. The van der Waals surface area contributed by atoms with Crippen LogP contribution < -0.4 is 4.72 Å². The first-order valence-electron chi connectivity index (χ1n) is 4.21. The fourth-order valence-corrected chi connectivity index (χ4v) is 2.61. The van der Waals surface area contributed by atoms with Crippen molar-refractivity contribution < 1.29 is 8.42 Å². The Morgan fingerprint density at radius 3 is 2.38 bits per heavy atom. The van der Waals surface area contributed by atoms with Gasteiger partial charge in [0.15, 0.2) is 0 Å². The van der Waals surface area contributed by atoms with Gasteiger partial charge in [-0.2, -0.15) is 0 Å². The lowest BCUT2D eigenvalue weighted by Crippen LogP contribution is -2.40. The van der Waals surface area contributed by atoms with E-state index in [9.17, 15) is 8.42 Å². The molecule has 0 aromatic heterocycles. The van der Waals surface area contributed by atoms with Crippen LogP contribution in [0.4, 0.5) is 0 Å². The molecule has 0 aromatic carbocycles. The average molecular weight is 201 g/mol. The summed E-state index contributed by atoms with van der Waals surface area (Å²) >= 11 is 0. The molecule has 0 heterocycles. The van der Waals surface area contributed by atoms with Gasteiger partial charge >= 0.3 is 0 Å². The van der Waals surface area contributed by atoms with Crippen LogP contribution in [0.2, 0.25) is 0 Å². The molecule has 1 N–H and O–H groups in total. The Labute approximate surface area is 79.6 Å². The monoisotopic (exact) mass is 201 g/mol. The third-order valence-electron chi connectivity index (χ3n) is 1.52. The molecule has 0 unspecified atom stereocenters. The van der Waals surface area contributed by atoms with E-state index in [0.717, 1.165) is 0 Å². The molecule has 0 aliphatic heterocycles. The van der Waals surface area contributed by atoms with Gasteiger partial charge < -0.3 is 0 Å². The predicted molar refractivity (Wildman–Crippen MR) is 53.6 cm³/mol. The van der Waals surface area contributed by atoms with E-state index in [1.807, 2.05) is 26.8 Å². The maximum Gasteiger partial charge on any atom is 0.237 e. The number of rotatable bonds is 2. The van der Waals surface area contributed by atoms with Crippen molar-refractivity contribution in [1.82, 2.24) is 4.72 Å². The first kappa shape index (κ1) is 10.5. The molecule has 74 valence electrons. The van der Waals surface area contributed by atoms with Crippen molar-refractivity contribution in [2.75, 3.05) is 0 Å². The molecule has 0 amide bonds. The highest BCUT2D eigenvalue weighted by atomic mass is 32.2. The molecule has 0 spiro atoms. The molecule has 0 fully saturated rings. The van der Waals surface area contributed by atoms with Gasteiger partial charge in [0, 0.05) is 12.0 Å². The van der Waals surface area contributed by atoms with Crippen LogP contribution >= 0.6 is 0 Å². The van der Waals surface area contributed by atoms with Crippen LogP contribution in [0.15, 0.2) is 23.1 Å². The van der Waals surface area contributed by atoms with E-state index in [-0.39, 0.29) is 0 Å². The summed E-state index contributed by atoms with van der Waals surface area (Å²) in [5.74, 6) is 0. The molecule has 1 aliphatic rings. The minimum atomic E-state index is -3.27. The Morgan fingerprint density at radius 2 is 2.00 bits per heavy atom. The molecule has 0 atom stereocenters. The van der Waals surface area contributed by atoms with Gasteiger partial charge in [-0.3, -0.25) is 0 Å². The third-order valence-corrected chi connectivity index (χ3v) is 3.40. The summed E-state index contributed by atoms with van der Waals surface area (Å²) < 4.78 is 25.9. The smallest absolute Gasteiger partial charge is 0.207 e. The molecule has 0 aromatic rings. The summed E-state index contributed by atoms with van der Waals surface area (Å²) in [5, 5.41) is 0. The Hall–Kier alpha value is -0.610. The van der Waals surface area contributed by atoms with E-state index in [1.54, 1.807) is 12.2 Å². The van der Waals surface area contributed by atoms with Gasteiger partial charge in [-0.25, -0.2) is 13.1 Å². The lowest BCUT2D eigenvalue weighted by atomic mass is 10.1. The summed E-state index contributed by atoms with van der Waals surface area (Å²) in [6.07, 6.45) is 5.73. The average Bonchev–Trinajstić information content (AvgIpc) is 2.29. The van der Waals surface area contributed by atoms with Gasteiger partial charge in [0.05, 0.1) is 4.91 Å². The highest BCUT2D eigenvalue weighted by molar-refractivity contribution is 7.93. The highest BCUT2D eigenvalue weighted by Crippen LogP contribution is 2.18. The molecule has 3 nitrogen and oxygen atoms in total. The lowest BCUT2D eigenvalue weighted by Gasteiger charge is -2.20. The second kappa shape index (κ2) is 3.27. The molecule has 0 radical (unpaired) electrons. The van der Waals surface area contributed by atoms with Gasteiger partial charge in [0.2, 0.25) is 10.0 Å². The lowest BCUT2D eigenvalue weighted by molar-refractivity contribution is 0.495. The summed E-state index contributed by atoms with van der Waals surface area (Å²) in [6.45, 7) is 5.48. The fraction of sp³-hybridized carbons (Fsp3) is 0.556. The van der Waals surface area contributed by atoms with Crippen molar-refractivity contribution in [1.29, 1.82) is 0 Å². The number of hydrogen-bond donors (Lipinski definition) is 1. The van der Waals surface area contributed by atoms with Crippen LogP contribution in [0.3, 0.4) is 0 Å². The van der Waals surface area contributed by atoms with Gasteiger partial charge in [0.25, 0.3) is 0 Å². The van der Waals surface area contributed by atoms with E-state index in [2.05, 4.69) is 4.72 Å². The van der Waals surface area contributed by atoms with Crippen LogP contribution in [-0.2, 0) is 10.0 Å². The summed E-state index contributed by atoms with van der Waals surface area (Å²) in [5.41, 5.74) is -0.414. The minimum absolute atomic E-state index is 0.414. The predicted octanol–water partition coefficient (Wildman–Crippen LogP) is 1.55. The van der Waals surface area contributed by atoms with Crippen LogP contribution in [-0.4, -0.2) is 14.0 Å². The zero-order chi connectivity index (χ0) is 10.1. The largest absolute Gasteiger partial charge is 0.237 e. The highest BCUT2D eigenvalue weighted by Gasteiger charge is 2.23. The van der Waals surface area contributed by atoms with Crippen LogP contribution in [0.1, 0.15) is 27.2 Å². The van der Waals surface area contributed by atoms with Crippen LogP contribution in [0.25, 0.3) is 0 Å². The van der Waals surface area contributed by atoms with Gasteiger partial charge in [-0.1, -0.05) is 12.2 Å². The zero-order valence-electron chi connectivity index (χ0n) is 8.16. The van der Waals surface area contributed by atoms with E-state index >= 15 is 0 Å². The van der Waals surface area contributed by atoms with Gasteiger partial charge in [-0.05, 0) is 26.8 Å². The Balaban J connectivity index is 2.79. The van der Waals surface area contributed by atoms with Crippen molar-refractivity contribution >= 4 is 10.0 Å². The molecule has 0 bridgehead atoms. The SMILES string of the molecule is CC(C)(C)NS(=O)(=O)C1=CC=CC1. The zero-order valence-corrected chi connectivity index (χ0v) is 8.98. The molecular weight excluding hydrogens is 186 g/mol. The van der Waals surface area contributed by atoms with E-state index in [1.165, 1.54) is 0 Å². The van der Waals surface area contributed by atoms with Crippen LogP contribution in [0.5, 0.6) is 0 Å². The van der Waals surface area contributed by atoms with E-state index in [0.29, 0.717) is 11.3 Å². The van der Waals surface area contributed by atoms with Crippen LogP contribution in [0, 0.1) is 0 Å². The summed E-state index contributed by atoms with van der Waals surface area (Å²) in [7, 11) is -3.27. The van der Waals surface area contributed by atoms with Crippen molar-refractivity contribution in [2.24, 2.45) is 0 Å². The van der Waals surface area contributed by atoms with Crippen molar-refractivity contribution in [3.8, 4) is 0 Å². The van der Waals surface area contributed by atoms with Crippen molar-refractivity contribution in [2.45, 2.75) is 32.7 Å². The van der Waals surface area contributed by atoms with E-state index in [4.69, 9.17) is 0 Å². The first-order chi connectivity index (χ1) is 5.81. The molecule has 4 heteroatoms. The molecule has 1 aliphatic carbocycles. The van der Waals surface area contributed by atoms with Crippen molar-refractivity contribution in [3.05, 3.63) is 23.1 Å². The topological polar surface area (TPSA) is 46.2 Å². The fourth-order valence-electron chi connectivity index (χ4n) is 1.10. The molecule has 1 rings (SSSR count). The third kappa shape index (κ3) is 2.97. The molecular formula is C9H15NO2S. The van der Waals surface area contributed by atoms with Gasteiger partial charge in [-0.15, -0.1) is 0 Å². The molecule has 13 heavy (non-hydrogen) atoms. The first-order valence-corrected chi connectivity index (χ1v) is 5.69. The quantitative estimate of drug-likeness (QED) is 0.736. The normalized spacial score (nSPS) is 17.6. The number of allylic oxidation sites excluding steroid dienone is 4. The minimum Gasteiger partial charge on any atom is -0.207 e. The number of nitrogens with one attached hydrogen (secondary N) is 1. The van der Waals surface area contributed by atoms with Crippen molar-refractivity contribution in [3.63, 3.8) is 0 Å². The second-order valence-corrected chi connectivity index (χ2v) is 5.86. The summed E-state index contributed by atoms with van der Waals surface area (Å²) in [6, 6.07) is 0. The maximum atomic E-state index is 11.6.